The van der Waals surface area contributed by atoms with E-state index in [4.69, 9.17) is 16.6 Å². The quantitative estimate of drug-likeness (QED) is 0.275. The van der Waals surface area contributed by atoms with Gasteiger partial charge in [0.2, 0.25) is 5.91 Å². The molecule has 0 heterocycles. The zero-order valence-electron chi connectivity index (χ0n) is 18.3. The molecule has 3 nitrogen and oxygen atoms in total. The van der Waals surface area contributed by atoms with E-state index in [-0.39, 0.29) is 11.1 Å². The van der Waals surface area contributed by atoms with E-state index in [9.17, 15) is 22.4 Å². The highest BCUT2D eigenvalue weighted by Crippen LogP contribution is 2.48. The molecule has 1 aromatic carbocycles. The number of rotatable bonds is 10. The van der Waals surface area contributed by atoms with Crippen molar-refractivity contribution in [3.8, 4) is 12.3 Å². The fourth-order valence-corrected chi connectivity index (χ4v) is 7.08. The van der Waals surface area contributed by atoms with E-state index in [1.165, 1.54) is 6.07 Å². The first-order valence-corrected chi connectivity index (χ1v) is 12.6. The SMILES string of the molecule is C#CC[C@@](CC(C)(C)c1ccc(F)cc1C(N)=O)(O[Si](CC)(CC)CC)C(F)(F)F. The van der Waals surface area contributed by atoms with Crippen LogP contribution >= 0.6 is 0 Å². The summed E-state index contributed by atoms with van der Waals surface area (Å²) in [6.07, 6.45) is -0.534. The number of primary amides is 1. The maximum Gasteiger partial charge on any atom is 0.417 e. The number of hydrogen-bond donors (Lipinski definition) is 1. The van der Waals surface area contributed by atoms with Crippen LogP contribution in [0, 0.1) is 18.2 Å². The van der Waals surface area contributed by atoms with Crippen molar-refractivity contribution in [2.45, 2.75) is 82.8 Å². The Bertz CT molecular complexity index is 789. The highest BCUT2D eigenvalue weighted by molar-refractivity contribution is 6.73. The number of alkyl halides is 3. The molecule has 0 fully saturated rings. The maximum atomic E-state index is 14.5. The van der Waals surface area contributed by atoms with Crippen LogP contribution in [0.25, 0.3) is 0 Å². The lowest BCUT2D eigenvalue weighted by molar-refractivity contribution is -0.257. The molecular formula is C22H31F4NO2Si. The van der Waals surface area contributed by atoms with Crippen LogP contribution in [0.3, 0.4) is 0 Å². The van der Waals surface area contributed by atoms with Crippen LogP contribution in [-0.2, 0) is 9.84 Å². The minimum atomic E-state index is -4.73. The molecule has 0 aliphatic carbocycles. The van der Waals surface area contributed by atoms with E-state index >= 15 is 0 Å². The van der Waals surface area contributed by atoms with Gasteiger partial charge < -0.3 is 10.2 Å². The fraction of sp³-hybridized carbons (Fsp3) is 0.591. The van der Waals surface area contributed by atoms with Crippen LogP contribution in [0.5, 0.6) is 0 Å². The summed E-state index contributed by atoms with van der Waals surface area (Å²) >= 11 is 0. The average molecular weight is 446 g/mol. The Labute approximate surface area is 177 Å². The molecule has 0 aromatic heterocycles. The summed E-state index contributed by atoms with van der Waals surface area (Å²) in [4.78, 5) is 11.9. The Morgan fingerprint density at radius 2 is 1.70 bits per heavy atom. The molecule has 30 heavy (non-hydrogen) atoms. The third-order valence-corrected chi connectivity index (χ3v) is 10.6. The molecule has 0 saturated carbocycles. The van der Waals surface area contributed by atoms with E-state index in [0.717, 1.165) is 12.1 Å². The van der Waals surface area contributed by atoms with Gasteiger partial charge in [-0.1, -0.05) is 40.7 Å². The first kappa shape index (κ1) is 26.2. The molecule has 0 spiro atoms. The smallest absolute Gasteiger partial charge is 0.402 e. The number of amides is 1. The minimum absolute atomic E-state index is 0.151. The zero-order valence-corrected chi connectivity index (χ0v) is 19.3. The lowest BCUT2D eigenvalue weighted by Gasteiger charge is -2.46. The van der Waals surface area contributed by atoms with Gasteiger partial charge in [-0.15, -0.1) is 12.3 Å². The summed E-state index contributed by atoms with van der Waals surface area (Å²) in [5, 5.41) is 0. The number of benzene rings is 1. The van der Waals surface area contributed by atoms with Gasteiger partial charge in [0.25, 0.3) is 0 Å². The topological polar surface area (TPSA) is 52.3 Å². The Morgan fingerprint density at radius 3 is 2.10 bits per heavy atom. The van der Waals surface area contributed by atoms with Crippen LogP contribution in [0.4, 0.5) is 17.6 Å². The molecule has 2 N–H and O–H groups in total. The molecule has 1 amide bonds. The molecule has 1 aromatic rings. The molecule has 1 rings (SSSR count). The third kappa shape index (κ3) is 5.44. The van der Waals surface area contributed by atoms with Gasteiger partial charge in [0.1, 0.15) is 5.82 Å². The van der Waals surface area contributed by atoms with Gasteiger partial charge in [-0.3, -0.25) is 4.79 Å². The zero-order chi connectivity index (χ0) is 23.4. The van der Waals surface area contributed by atoms with E-state index < -0.39 is 50.1 Å². The Kier molecular flexibility index (Phi) is 8.31. The number of carbonyl (C=O) groups is 1. The molecule has 0 aliphatic rings. The first-order chi connectivity index (χ1) is 13.7. The molecule has 0 aliphatic heterocycles. The molecule has 1 atom stereocenters. The number of carbonyl (C=O) groups excluding carboxylic acids is 1. The lowest BCUT2D eigenvalue weighted by atomic mass is 9.72. The molecule has 0 unspecified atom stereocenters. The predicted molar refractivity (Wildman–Crippen MR) is 113 cm³/mol. The molecule has 0 bridgehead atoms. The van der Waals surface area contributed by atoms with E-state index in [0.29, 0.717) is 18.1 Å². The Hall–Kier alpha value is -1.85. The summed E-state index contributed by atoms with van der Waals surface area (Å²) in [5.41, 5.74) is 1.64. The van der Waals surface area contributed by atoms with Gasteiger partial charge in [0.15, 0.2) is 13.9 Å². The highest BCUT2D eigenvalue weighted by Gasteiger charge is 2.60. The van der Waals surface area contributed by atoms with Gasteiger partial charge in [-0.05, 0) is 47.7 Å². The van der Waals surface area contributed by atoms with Crippen molar-refractivity contribution in [2.24, 2.45) is 5.73 Å². The number of nitrogens with two attached hydrogens (primary N) is 1. The van der Waals surface area contributed by atoms with E-state index in [2.05, 4.69) is 5.92 Å². The second-order valence-electron chi connectivity index (χ2n) is 8.33. The van der Waals surface area contributed by atoms with Crippen LogP contribution < -0.4 is 5.73 Å². The van der Waals surface area contributed by atoms with Gasteiger partial charge in [-0.25, -0.2) is 4.39 Å². The third-order valence-electron chi connectivity index (χ3n) is 5.95. The van der Waals surface area contributed by atoms with Crippen LogP contribution in [-0.4, -0.2) is 26.0 Å². The maximum absolute atomic E-state index is 14.5. The standard InChI is InChI=1S/C22H31F4NO2Si/c1-7-13-21(22(24,25)26,29-30(8-2,9-3)10-4)15-20(5,6)18-12-11-16(23)14-17(18)19(27)28/h1,11-12,14H,8-10,13,15H2,2-6H3,(H2,27,28)/t21-/m0/s1. The monoisotopic (exact) mass is 445 g/mol. The van der Waals surface area contributed by atoms with Gasteiger partial charge >= 0.3 is 6.18 Å². The lowest BCUT2D eigenvalue weighted by Crippen LogP contribution is -2.57. The summed E-state index contributed by atoms with van der Waals surface area (Å²) in [6.45, 7) is 8.63. The van der Waals surface area contributed by atoms with Gasteiger partial charge in [0.05, 0.1) is 0 Å². The Balaban J connectivity index is 3.64. The second-order valence-corrected chi connectivity index (χ2v) is 13.0. The highest BCUT2D eigenvalue weighted by atomic mass is 28.4. The second kappa shape index (κ2) is 9.52. The van der Waals surface area contributed by atoms with Gasteiger partial charge in [0, 0.05) is 12.0 Å². The molecule has 0 radical (unpaired) electrons. The number of hydrogen-bond acceptors (Lipinski definition) is 2. The van der Waals surface area contributed by atoms with Crippen molar-refractivity contribution in [1.29, 1.82) is 0 Å². The predicted octanol–water partition coefficient (Wildman–Crippen LogP) is 5.94. The summed E-state index contributed by atoms with van der Waals surface area (Å²) in [6, 6.07) is 4.91. The fourth-order valence-electron chi connectivity index (χ4n) is 4.06. The van der Waals surface area contributed by atoms with Crippen LogP contribution in [0.15, 0.2) is 18.2 Å². The van der Waals surface area contributed by atoms with Crippen molar-refractivity contribution >= 4 is 14.2 Å². The van der Waals surface area contributed by atoms with Crippen LogP contribution in [0.1, 0.15) is 63.4 Å². The molecule has 8 heteroatoms. The van der Waals surface area contributed by atoms with Crippen LogP contribution in [0.2, 0.25) is 18.1 Å². The normalized spacial score (nSPS) is 14.8. The summed E-state index contributed by atoms with van der Waals surface area (Å²) in [5.74, 6) is 0.552. The summed E-state index contributed by atoms with van der Waals surface area (Å²) in [7, 11) is -2.71. The summed E-state index contributed by atoms with van der Waals surface area (Å²) < 4.78 is 63.3. The minimum Gasteiger partial charge on any atom is -0.402 e. The number of halogens is 4. The van der Waals surface area contributed by atoms with Gasteiger partial charge in [-0.2, -0.15) is 13.2 Å². The number of terminal acetylenes is 1. The molecule has 0 saturated heterocycles. The van der Waals surface area contributed by atoms with Crippen molar-refractivity contribution in [3.05, 3.63) is 35.1 Å². The largest absolute Gasteiger partial charge is 0.417 e. The average Bonchev–Trinajstić information content (AvgIpc) is 2.64. The first-order valence-electron chi connectivity index (χ1n) is 10.0. The van der Waals surface area contributed by atoms with E-state index in [1.54, 1.807) is 13.8 Å². The van der Waals surface area contributed by atoms with Crippen molar-refractivity contribution in [3.63, 3.8) is 0 Å². The van der Waals surface area contributed by atoms with E-state index in [1.807, 2.05) is 20.8 Å². The Morgan fingerprint density at radius 1 is 1.17 bits per heavy atom. The van der Waals surface area contributed by atoms with Crippen molar-refractivity contribution < 1.29 is 26.8 Å². The molecule has 168 valence electrons. The molecular weight excluding hydrogens is 414 g/mol. The van der Waals surface area contributed by atoms with Crippen molar-refractivity contribution in [2.75, 3.05) is 0 Å². The van der Waals surface area contributed by atoms with Crippen molar-refractivity contribution in [1.82, 2.24) is 0 Å².